The predicted molar refractivity (Wildman–Crippen MR) is 85.2 cm³/mol. The molecule has 1 aromatic heterocycles. The molecule has 1 aliphatic heterocycles. The number of alkyl halides is 3. The van der Waals surface area contributed by atoms with Gasteiger partial charge in [0.25, 0.3) is 0 Å². The van der Waals surface area contributed by atoms with Gasteiger partial charge in [-0.25, -0.2) is 9.78 Å². The molecule has 1 atom stereocenters. The van der Waals surface area contributed by atoms with Gasteiger partial charge < -0.3 is 15.0 Å². The lowest BCUT2D eigenvalue weighted by Crippen LogP contribution is -2.55. The van der Waals surface area contributed by atoms with Crippen molar-refractivity contribution < 1.29 is 27.9 Å². The fourth-order valence-corrected chi connectivity index (χ4v) is 4.11. The summed E-state index contributed by atoms with van der Waals surface area (Å²) in [7, 11) is 0. The summed E-state index contributed by atoms with van der Waals surface area (Å²) in [4.78, 5) is 27.3. The topological polar surface area (TPSA) is 84.2 Å². The largest absolute Gasteiger partial charge is 0.479 e. The number of benzene rings is 1. The number of fused-ring (bicyclic) bond motifs is 1. The maximum Gasteiger partial charge on any atom is 0.449 e. The Labute approximate surface area is 144 Å². The van der Waals surface area contributed by atoms with Crippen molar-refractivity contribution in [2.75, 3.05) is 11.5 Å². The van der Waals surface area contributed by atoms with Crippen LogP contribution in [-0.4, -0.2) is 43.6 Å². The number of carbonyl (C=O) groups is 2. The molecule has 0 radical (unpaired) electrons. The predicted octanol–water partition coefficient (Wildman–Crippen LogP) is 2.13. The van der Waals surface area contributed by atoms with Crippen LogP contribution >= 0.6 is 11.8 Å². The van der Waals surface area contributed by atoms with E-state index in [-0.39, 0.29) is 23.2 Å². The molecule has 0 saturated carbocycles. The molecule has 1 fully saturated rings. The maximum absolute atomic E-state index is 13.2. The first-order chi connectivity index (χ1) is 11.7. The molecule has 25 heavy (non-hydrogen) atoms. The Morgan fingerprint density at radius 2 is 2.08 bits per heavy atom. The highest BCUT2D eigenvalue weighted by atomic mass is 32.2. The number of halogens is 3. The minimum atomic E-state index is -4.73. The first-order valence-corrected chi connectivity index (χ1v) is 8.53. The number of imidazole rings is 1. The first kappa shape index (κ1) is 17.6. The Bertz CT molecular complexity index is 828. The number of aliphatic carboxylic acids is 1. The maximum atomic E-state index is 13.2. The highest BCUT2D eigenvalue weighted by Gasteiger charge is 2.44. The number of carbonyl (C=O) groups excluding carboxylic acids is 1. The minimum absolute atomic E-state index is 0.118. The van der Waals surface area contributed by atoms with Crippen LogP contribution in [0.4, 0.5) is 13.2 Å². The number of nitrogens with one attached hydrogen (secondary N) is 1. The molecule has 1 aromatic carbocycles. The molecule has 3 rings (SSSR count). The van der Waals surface area contributed by atoms with Gasteiger partial charge in [-0.2, -0.15) is 24.9 Å². The molecular formula is C15H14F3N3O3S. The Morgan fingerprint density at radius 3 is 2.68 bits per heavy atom. The number of rotatable bonds is 4. The van der Waals surface area contributed by atoms with E-state index in [4.69, 9.17) is 0 Å². The second kappa shape index (κ2) is 6.25. The number of thioether (sulfide) groups is 1. The summed E-state index contributed by atoms with van der Waals surface area (Å²) in [5, 5.41) is 11.8. The number of hydrogen-bond donors (Lipinski definition) is 2. The summed E-state index contributed by atoms with van der Waals surface area (Å²) < 4.78 is 40.5. The summed E-state index contributed by atoms with van der Waals surface area (Å²) in [5.41, 5.74) is -1.15. The lowest BCUT2D eigenvalue weighted by Gasteiger charge is -2.25. The Hall–Kier alpha value is -2.23. The molecule has 1 saturated heterocycles. The second-order valence-corrected chi connectivity index (χ2v) is 6.85. The van der Waals surface area contributed by atoms with Gasteiger partial charge in [0, 0.05) is 5.75 Å². The first-order valence-electron chi connectivity index (χ1n) is 7.37. The fraction of sp³-hybridized carbons (Fsp3) is 0.400. The number of hydrogen-bond acceptors (Lipinski definition) is 4. The van der Waals surface area contributed by atoms with Gasteiger partial charge in [-0.1, -0.05) is 12.1 Å². The highest BCUT2D eigenvalue weighted by molar-refractivity contribution is 7.99. The molecule has 10 heteroatoms. The molecule has 0 aliphatic carbocycles. The lowest BCUT2D eigenvalue weighted by molar-refractivity contribution is -0.149. The third kappa shape index (κ3) is 3.30. The van der Waals surface area contributed by atoms with E-state index in [1.54, 1.807) is 12.1 Å². The number of aromatic nitrogens is 2. The van der Waals surface area contributed by atoms with Gasteiger partial charge in [0.05, 0.1) is 11.0 Å². The van der Waals surface area contributed by atoms with Crippen LogP contribution in [0.3, 0.4) is 0 Å². The van der Waals surface area contributed by atoms with Crippen LogP contribution in [0.5, 0.6) is 0 Å². The van der Waals surface area contributed by atoms with Crippen molar-refractivity contribution in [1.29, 1.82) is 0 Å². The van der Waals surface area contributed by atoms with Crippen LogP contribution in [-0.2, 0) is 22.3 Å². The Kier molecular flexibility index (Phi) is 4.40. The van der Waals surface area contributed by atoms with Crippen LogP contribution in [0.25, 0.3) is 11.0 Å². The van der Waals surface area contributed by atoms with Crippen LogP contribution in [0, 0.1) is 0 Å². The molecule has 6 nitrogen and oxygen atoms in total. The minimum Gasteiger partial charge on any atom is -0.479 e. The number of nitrogens with zero attached hydrogens (tertiary/aromatic N) is 2. The second-order valence-electron chi connectivity index (χ2n) is 5.75. The summed E-state index contributed by atoms with van der Waals surface area (Å²) in [6.45, 7) is -0.658. The molecule has 2 heterocycles. The molecule has 2 aromatic rings. The van der Waals surface area contributed by atoms with Gasteiger partial charge in [-0.3, -0.25) is 4.79 Å². The zero-order valence-corrected chi connectivity index (χ0v) is 13.7. The zero-order valence-electron chi connectivity index (χ0n) is 12.8. The van der Waals surface area contributed by atoms with Gasteiger partial charge in [0.2, 0.25) is 11.7 Å². The summed E-state index contributed by atoms with van der Waals surface area (Å²) in [6, 6.07) is 5.95. The summed E-state index contributed by atoms with van der Waals surface area (Å²) >= 11 is 1.37. The van der Waals surface area contributed by atoms with E-state index >= 15 is 0 Å². The monoisotopic (exact) mass is 373 g/mol. The Balaban J connectivity index is 1.92. The van der Waals surface area contributed by atoms with Gasteiger partial charge in [-0.05, 0) is 24.3 Å². The van der Waals surface area contributed by atoms with E-state index in [0.717, 1.165) is 4.57 Å². The molecule has 0 spiro atoms. The smallest absolute Gasteiger partial charge is 0.449 e. The third-order valence-corrected chi connectivity index (χ3v) is 5.21. The standard InChI is InChI=1S/C15H14F3N3O3S/c16-15(17,18)12-19-9-3-1-2-4-10(9)21(12)7-11(22)20-14(13(23)24)5-6-25-8-14/h1-4H,5-8H2,(H,20,22)(H,23,24). The SMILES string of the molecule is O=C(Cn1c(C(F)(F)F)nc2ccccc21)NC1(C(=O)O)CCSC1. The van der Waals surface area contributed by atoms with Gasteiger partial charge in [0.1, 0.15) is 12.1 Å². The van der Waals surface area contributed by atoms with Crippen molar-refractivity contribution in [2.45, 2.75) is 24.7 Å². The van der Waals surface area contributed by atoms with E-state index in [0.29, 0.717) is 5.75 Å². The lowest BCUT2D eigenvalue weighted by atomic mass is 9.99. The average Bonchev–Trinajstić information content (AvgIpc) is 3.13. The van der Waals surface area contributed by atoms with Crippen molar-refractivity contribution in [1.82, 2.24) is 14.9 Å². The number of para-hydroxylation sites is 2. The zero-order chi connectivity index (χ0) is 18.2. The van der Waals surface area contributed by atoms with E-state index in [9.17, 15) is 27.9 Å². The molecule has 134 valence electrons. The normalized spacial score (nSPS) is 20.8. The molecule has 1 amide bonds. The number of carboxylic acid groups (broad SMARTS) is 1. The quantitative estimate of drug-likeness (QED) is 0.858. The average molecular weight is 373 g/mol. The Morgan fingerprint density at radius 1 is 1.36 bits per heavy atom. The fourth-order valence-electron chi connectivity index (χ4n) is 2.79. The van der Waals surface area contributed by atoms with Crippen LogP contribution in [0.2, 0.25) is 0 Å². The van der Waals surface area contributed by atoms with Crippen LogP contribution in [0.1, 0.15) is 12.2 Å². The summed E-state index contributed by atoms with van der Waals surface area (Å²) in [6.07, 6.45) is -4.50. The third-order valence-electron chi connectivity index (χ3n) is 4.02. The van der Waals surface area contributed by atoms with Crippen molar-refractivity contribution in [2.24, 2.45) is 0 Å². The van der Waals surface area contributed by atoms with Crippen molar-refractivity contribution in [3.8, 4) is 0 Å². The molecule has 2 N–H and O–H groups in total. The van der Waals surface area contributed by atoms with E-state index < -0.39 is 36.0 Å². The van der Waals surface area contributed by atoms with Crippen LogP contribution in [0.15, 0.2) is 24.3 Å². The summed E-state index contributed by atoms with van der Waals surface area (Å²) in [5.74, 6) is -2.41. The van der Waals surface area contributed by atoms with Crippen molar-refractivity contribution in [3.05, 3.63) is 30.1 Å². The van der Waals surface area contributed by atoms with E-state index in [1.165, 1.54) is 23.9 Å². The van der Waals surface area contributed by atoms with Crippen molar-refractivity contribution in [3.63, 3.8) is 0 Å². The molecule has 0 bridgehead atoms. The molecular weight excluding hydrogens is 359 g/mol. The van der Waals surface area contributed by atoms with E-state index in [1.807, 2.05) is 0 Å². The van der Waals surface area contributed by atoms with E-state index in [2.05, 4.69) is 10.3 Å². The van der Waals surface area contributed by atoms with Crippen molar-refractivity contribution >= 4 is 34.7 Å². The van der Waals surface area contributed by atoms with Gasteiger partial charge in [0.15, 0.2) is 0 Å². The van der Waals surface area contributed by atoms with Crippen LogP contribution < -0.4 is 5.32 Å². The number of amides is 1. The molecule has 1 unspecified atom stereocenters. The molecule has 1 aliphatic rings. The highest BCUT2D eigenvalue weighted by Crippen LogP contribution is 2.32. The number of carboxylic acids is 1. The van der Waals surface area contributed by atoms with Gasteiger partial charge >= 0.3 is 12.1 Å². The van der Waals surface area contributed by atoms with Gasteiger partial charge in [-0.15, -0.1) is 0 Å².